The van der Waals surface area contributed by atoms with Gasteiger partial charge >= 0.3 is 6.09 Å². The Kier molecular flexibility index (Phi) is 6.81. The minimum atomic E-state index is -0.292. The second kappa shape index (κ2) is 9.30. The van der Waals surface area contributed by atoms with Crippen LogP contribution in [-0.4, -0.2) is 37.2 Å². The van der Waals surface area contributed by atoms with E-state index >= 15 is 0 Å². The molecule has 2 aromatic carbocycles. The first kappa shape index (κ1) is 20.5. The fourth-order valence-electron chi connectivity index (χ4n) is 3.57. The van der Waals surface area contributed by atoms with E-state index < -0.39 is 0 Å². The van der Waals surface area contributed by atoms with Crippen molar-refractivity contribution in [1.82, 2.24) is 4.90 Å². The number of nitrogens with zero attached hydrogens (tertiary/aromatic N) is 1. The lowest BCUT2D eigenvalue weighted by atomic mass is 9.86. The number of nitrogens with two attached hydrogens (primary N) is 1. The minimum absolute atomic E-state index is 0.182. The van der Waals surface area contributed by atoms with E-state index in [1.165, 1.54) is 0 Å². The van der Waals surface area contributed by atoms with Gasteiger partial charge in [-0.2, -0.15) is 0 Å². The summed E-state index contributed by atoms with van der Waals surface area (Å²) in [6, 6.07) is 11.6. The van der Waals surface area contributed by atoms with Gasteiger partial charge in [-0.25, -0.2) is 4.79 Å². The molecule has 0 aromatic heterocycles. The first-order valence-corrected chi connectivity index (χ1v) is 10.0. The number of likely N-dealkylation sites (tertiary alicyclic amines) is 1. The molecule has 1 fully saturated rings. The zero-order valence-electron chi connectivity index (χ0n) is 16.4. The predicted octanol–water partition coefficient (Wildman–Crippen LogP) is 4.28. The second-order valence-electron chi connectivity index (χ2n) is 7.00. The molecule has 1 aliphatic heterocycles. The third-order valence-corrected chi connectivity index (χ3v) is 5.45. The highest BCUT2D eigenvalue weighted by atomic mass is 35.5. The largest absolute Gasteiger partial charge is 0.493 e. The third kappa shape index (κ3) is 4.42. The Hall–Kier alpha value is -2.24. The van der Waals surface area contributed by atoms with Gasteiger partial charge in [0.15, 0.2) is 0 Å². The summed E-state index contributed by atoms with van der Waals surface area (Å²) in [5.74, 6) is 1.05. The molecule has 6 heteroatoms. The Labute approximate surface area is 171 Å². The number of hydrogen-bond donors (Lipinski definition) is 1. The van der Waals surface area contributed by atoms with Crippen LogP contribution in [0.2, 0.25) is 5.02 Å². The molecule has 1 heterocycles. The summed E-state index contributed by atoms with van der Waals surface area (Å²) in [5.41, 5.74) is 9.86. The number of amides is 1. The molecular weight excluding hydrogens is 376 g/mol. The molecule has 1 aliphatic rings. The van der Waals surface area contributed by atoms with Gasteiger partial charge in [0, 0.05) is 29.6 Å². The van der Waals surface area contributed by atoms with E-state index in [0.717, 1.165) is 28.0 Å². The predicted molar refractivity (Wildman–Crippen MR) is 111 cm³/mol. The maximum absolute atomic E-state index is 12.3. The van der Waals surface area contributed by atoms with Crippen molar-refractivity contribution in [1.29, 1.82) is 0 Å². The zero-order valence-corrected chi connectivity index (χ0v) is 17.2. The molecule has 1 amide bonds. The molecule has 2 N–H and O–H groups in total. The van der Waals surface area contributed by atoms with Gasteiger partial charge in [0.25, 0.3) is 0 Å². The minimum Gasteiger partial charge on any atom is -0.493 e. The van der Waals surface area contributed by atoms with Crippen LogP contribution in [0.15, 0.2) is 36.4 Å². The maximum Gasteiger partial charge on any atom is 0.410 e. The summed E-state index contributed by atoms with van der Waals surface area (Å²) in [7, 11) is 0. The molecule has 3 rings (SSSR count). The number of benzene rings is 2. The van der Waals surface area contributed by atoms with E-state index in [2.05, 4.69) is 0 Å². The fourth-order valence-corrected chi connectivity index (χ4v) is 3.80. The van der Waals surface area contributed by atoms with Crippen molar-refractivity contribution in [2.24, 2.45) is 5.73 Å². The Bertz CT molecular complexity index is 820. The molecule has 0 atom stereocenters. The molecule has 28 heavy (non-hydrogen) atoms. The van der Waals surface area contributed by atoms with Crippen LogP contribution in [0.1, 0.15) is 35.1 Å². The van der Waals surface area contributed by atoms with E-state index in [-0.39, 0.29) is 18.6 Å². The van der Waals surface area contributed by atoms with E-state index in [4.69, 9.17) is 26.8 Å². The van der Waals surface area contributed by atoms with Gasteiger partial charge in [0.2, 0.25) is 0 Å². The fraction of sp³-hybridized carbons (Fsp3) is 0.409. The molecule has 0 aliphatic carbocycles. The van der Waals surface area contributed by atoms with Crippen molar-refractivity contribution in [2.45, 2.75) is 32.8 Å². The number of halogens is 1. The molecule has 1 saturated heterocycles. The van der Waals surface area contributed by atoms with Gasteiger partial charge in [-0.15, -0.1) is 0 Å². The number of ether oxygens (including phenoxy) is 2. The molecule has 0 unspecified atom stereocenters. The average molecular weight is 403 g/mol. The summed E-state index contributed by atoms with van der Waals surface area (Å²) in [5, 5.41) is 0.715. The molecule has 0 radical (unpaired) electrons. The molecule has 2 aromatic rings. The maximum atomic E-state index is 12.3. The van der Waals surface area contributed by atoms with Crippen molar-refractivity contribution in [3.63, 3.8) is 0 Å². The molecular formula is C22H27ClN2O3. The van der Waals surface area contributed by atoms with Gasteiger partial charge < -0.3 is 20.1 Å². The summed E-state index contributed by atoms with van der Waals surface area (Å²) in [6.45, 7) is 6.54. The van der Waals surface area contributed by atoms with Gasteiger partial charge in [-0.1, -0.05) is 41.9 Å². The van der Waals surface area contributed by atoms with Gasteiger partial charge in [0.1, 0.15) is 12.4 Å². The molecule has 5 nitrogen and oxygen atoms in total. The Balaban J connectivity index is 1.69. The Morgan fingerprint density at radius 3 is 2.64 bits per heavy atom. The van der Waals surface area contributed by atoms with Crippen molar-refractivity contribution in [2.75, 3.05) is 26.2 Å². The smallest absolute Gasteiger partial charge is 0.410 e. The molecule has 0 spiro atoms. The van der Waals surface area contributed by atoms with Crippen LogP contribution in [0.4, 0.5) is 4.79 Å². The van der Waals surface area contributed by atoms with Crippen LogP contribution >= 0.6 is 11.6 Å². The summed E-state index contributed by atoms with van der Waals surface area (Å²) in [6.07, 6.45) is 0.414. The van der Waals surface area contributed by atoms with Crippen molar-refractivity contribution in [3.8, 4) is 5.75 Å². The van der Waals surface area contributed by atoms with E-state index in [1.807, 2.05) is 50.2 Å². The first-order chi connectivity index (χ1) is 13.5. The zero-order chi connectivity index (χ0) is 20.1. The first-order valence-electron chi connectivity index (χ1n) is 9.65. The van der Waals surface area contributed by atoms with E-state index in [1.54, 1.807) is 4.90 Å². The quantitative estimate of drug-likeness (QED) is 0.750. The van der Waals surface area contributed by atoms with Crippen molar-refractivity contribution in [3.05, 3.63) is 63.7 Å². The van der Waals surface area contributed by atoms with Crippen LogP contribution in [0.5, 0.6) is 5.75 Å². The molecule has 0 saturated carbocycles. The van der Waals surface area contributed by atoms with Crippen LogP contribution in [0.25, 0.3) is 0 Å². The second-order valence-corrected chi connectivity index (χ2v) is 7.41. The van der Waals surface area contributed by atoms with Crippen LogP contribution in [0, 0.1) is 6.92 Å². The molecule has 150 valence electrons. The number of hydrogen-bond acceptors (Lipinski definition) is 4. The van der Waals surface area contributed by atoms with E-state index in [9.17, 15) is 4.79 Å². The molecule has 0 bridgehead atoms. The van der Waals surface area contributed by atoms with Gasteiger partial charge in [-0.3, -0.25) is 0 Å². The third-order valence-electron chi connectivity index (χ3n) is 5.05. The monoisotopic (exact) mass is 402 g/mol. The van der Waals surface area contributed by atoms with Crippen molar-refractivity contribution < 1.29 is 14.3 Å². The number of rotatable bonds is 7. The summed E-state index contributed by atoms with van der Waals surface area (Å²) >= 11 is 6.47. The van der Waals surface area contributed by atoms with Crippen molar-refractivity contribution >= 4 is 17.7 Å². The standard InChI is InChI=1S/C22H27ClN2O3/c1-3-27-21-17(9-10-24)11-19(23)15(2)20(21)18-12-25(13-18)22(26)28-14-16-7-5-4-6-8-16/h4-8,11,18H,3,9-10,12-14,24H2,1-2H3. The Morgan fingerprint density at radius 2 is 2.00 bits per heavy atom. The highest BCUT2D eigenvalue weighted by Crippen LogP contribution is 2.41. The topological polar surface area (TPSA) is 64.8 Å². The normalized spacial score (nSPS) is 13.9. The van der Waals surface area contributed by atoms with Crippen LogP contribution in [0.3, 0.4) is 0 Å². The SMILES string of the molecule is CCOc1c(CCN)cc(Cl)c(C)c1C1CN(C(=O)OCc2ccccc2)C1. The summed E-state index contributed by atoms with van der Waals surface area (Å²) < 4.78 is 11.4. The van der Waals surface area contributed by atoms with Gasteiger partial charge in [-0.05, 0) is 49.6 Å². The number of carbonyl (C=O) groups excluding carboxylic acids is 1. The van der Waals surface area contributed by atoms with Crippen LogP contribution < -0.4 is 10.5 Å². The lowest BCUT2D eigenvalue weighted by molar-refractivity contribution is 0.0657. The van der Waals surface area contributed by atoms with Crippen LogP contribution in [-0.2, 0) is 17.8 Å². The number of carbonyl (C=O) groups is 1. The highest BCUT2D eigenvalue weighted by molar-refractivity contribution is 6.31. The lowest BCUT2D eigenvalue weighted by Crippen LogP contribution is -2.49. The average Bonchev–Trinajstić information content (AvgIpc) is 2.66. The van der Waals surface area contributed by atoms with Gasteiger partial charge in [0.05, 0.1) is 6.61 Å². The lowest BCUT2D eigenvalue weighted by Gasteiger charge is -2.40. The van der Waals surface area contributed by atoms with E-state index in [0.29, 0.717) is 37.7 Å². The Morgan fingerprint density at radius 1 is 1.29 bits per heavy atom. The highest BCUT2D eigenvalue weighted by Gasteiger charge is 2.36. The summed E-state index contributed by atoms with van der Waals surface area (Å²) in [4.78, 5) is 14.1.